The molecule has 1 N–H and O–H groups in total. The molecular weight excluding hydrogens is 392 g/mol. The van der Waals surface area contributed by atoms with Crippen LogP contribution in [0.1, 0.15) is 16.7 Å². The lowest BCUT2D eigenvalue weighted by Gasteiger charge is -2.15. The highest BCUT2D eigenvalue weighted by Crippen LogP contribution is 2.37. The van der Waals surface area contributed by atoms with E-state index in [1.54, 1.807) is 6.92 Å². The van der Waals surface area contributed by atoms with Gasteiger partial charge in [0.05, 0.1) is 18.2 Å². The highest BCUT2D eigenvalue weighted by Gasteiger charge is 2.31. The molecule has 3 rings (SSSR count). The van der Waals surface area contributed by atoms with E-state index in [0.29, 0.717) is 16.5 Å². The number of methoxy groups -OCH3 is 1. The van der Waals surface area contributed by atoms with Crippen LogP contribution in [0.5, 0.6) is 11.6 Å². The molecule has 9 heteroatoms. The van der Waals surface area contributed by atoms with Crippen molar-refractivity contribution in [3.8, 4) is 11.6 Å². The van der Waals surface area contributed by atoms with Crippen LogP contribution in [0, 0.1) is 12.7 Å². The van der Waals surface area contributed by atoms with Gasteiger partial charge in [-0.25, -0.2) is 14.2 Å². The van der Waals surface area contributed by atoms with Crippen LogP contribution in [0.25, 0.3) is 10.9 Å². The van der Waals surface area contributed by atoms with Gasteiger partial charge in [0.15, 0.2) is 5.75 Å². The van der Waals surface area contributed by atoms with Gasteiger partial charge in [0, 0.05) is 17.5 Å². The minimum atomic E-state index is -4.51. The fourth-order valence-corrected chi connectivity index (χ4v) is 2.72. The molecule has 0 atom stereocenters. The van der Waals surface area contributed by atoms with Crippen molar-refractivity contribution >= 4 is 17.0 Å². The molecule has 1 aromatic heterocycles. The van der Waals surface area contributed by atoms with E-state index < -0.39 is 23.7 Å². The fourth-order valence-electron chi connectivity index (χ4n) is 2.72. The van der Waals surface area contributed by atoms with Crippen LogP contribution in [-0.4, -0.2) is 18.2 Å². The van der Waals surface area contributed by atoms with Crippen molar-refractivity contribution < 1.29 is 31.8 Å². The van der Waals surface area contributed by atoms with Crippen molar-refractivity contribution in [3.63, 3.8) is 0 Å². The Kier molecular flexibility index (Phi) is 5.58. The number of amides is 1. The van der Waals surface area contributed by atoms with Gasteiger partial charge in [-0.3, -0.25) is 0 Å². The molecule has 5 nitrogen and oxygen atoms in total. The molecule has 1 heterocycles. The Morgan fingerprint density at radius 1 is 1.14 bits per heavy atom. The SMILES string of the molecule is COc1nc2cc(C(F)(F)F)ccc2c(C)c1OC(=O)NCc1ccc(F)cc1. The molecule has 0 aliphatic heterocycles. The predicted molar refractivity (Wildman–Crippen MR) is 97.3 cm³/mol. The van der Waals surface area contributed by atoms with E-state index in [4.69, 9.17) is 9.47 Å². The van der Waals surface area contributed by atoms with Crippen LogP contribution in [0.3, 0.4) is 0 Å². The summed E-state index contributed by atoms with van der Waals surface area (Å²) in [5.41, 5.74) is 0.277. The van der Waals surface area contributed by atoms with E-state index in [1.807, 2.05) is 0 Å². The summed E-state index contributed by atoms with van der Waals surface area (Å²) in [5, 5.41) is 2.90. The molecule has 0 saturated carbocycles. The van der Waals surface area contributed by atoms with Crippen molar-refractivity contribution in [1.29, 1.82) is 0 Å². The quantitative estimate of drug-likeness (QED) is 0.618. The third-order valence-corrected chi connectivity index (χ3v) is 4.22. The zero-order valence-electron chi connectivity index (χ0n) is 15.4. The second-order valence-corrected chi connectivity index (χ2v) is 6.17. The van der Waals surface area contributed by atoms with E-state index in [-0.39, 0.29) is 23.7 Å². The normalized spacial score (nSPS) is 11.4. The number of alkyl halides is 3. The summed E-state index contributed by atoms with van der Waals surface area (Å²) >= 11 is 0. The second-order valence-electron chi connectivity index (χ2n) is 6.17. The maximum atomic E-state index is 12.9. The topological polar surface area (TPSA) is 60.5 Å². The van der Waals surface area contributed by atoms with Crippen molar-refractivity contribution in [1.82, 2.24) is 10.3 Å². The molecule has 2 aromatic carbocycles. The zero-order chi connectivity index (χ0) is 21.2. The Balaban J connectivity index is 1.85. The average molecular weight is 408 g/mol. The second kappa shape index (κ2) is 7.94. The van der Waals surface area contributed by atoms with Gasteiger partial charge in [-0.05, 0) is 36.8 Å². The standard InChI is InChI=1S/C20H16F4N2O3/c1-11-15-8-5-13(20(22,23)24)9-16(15)26-18(28-2)17(11)29-19(27)25-10-12-3-6-14(21)7-4-12/h3-9H,10H2,1-2H3,(H,25,27). The van der Waals surface area contributed by atoms with E-state index >= 15 is 0 Å². The lowest BCUT2D eigenvalue weighted by atomic mass is 10.1. The third-order valence-electron chi connectivity index (χ3n) is 4.22. The first-order valence-electron chi connectivity index (χ1n) is 8.44. The number of benzene rings is 2. The molecule has 0 aliphatic carbocycles. The molecule has 0 spiro atoms. The van der Waals surface area contributed by atoms with Gasteiger partial charge in [-0.15, -0.1) is 0 Å². The molecule has 0 saturated heterocycles. The number of ether oxygens (including phenoxy) is 2. The highest BCUT2D eigenvalue weighted by atomic mass is 19.4. The number of pyridine rings is 1. The molecule has 0 fully saturated rings. The largest absolute Gasteiger partial charge is 0.478 e. The molecule has 0 bridgehead atoms. The molecule has 0 aliphatic rings. The van der Waals surface area contributed by atoms with Gasteiger partial charge < -0.3 is 14.8 Å². The Hall–Kier alpha value is -3.36. The molecule has 0 unspecified atom stereocenters. The maximum absolute atomic E-state index is 12.9. The van der Waals surface area contributed by atoms with E-state index in [9.17, 15) is 22.4 Å². The number of nitrogens with one attached hydrogen (secondary N) is 1. The van der Waals surface area contributed by atoms with Gasteiger partial charge in [-0.1, -0.05) is 18.2 Å². The van der Waals surface area contributed by atoms with Gasteiger partial charge >= 0.3 is 12.3 Å². The van der Waals surface area contributed by atoms with Gasteiger partial charge in [0.2, 0.25) is 0 Å². The highest BCUT2D eigenvalue weighted by molar-refractivity contribution is 5.87. The number of nitrogens with zero attached hydrogens (tertiary/aromatic N) is 1. The van der Waals surface area contributed by atoms with Crippen LogP contribution >= 0.6 is 0 Å². The average Bonchev–Trinajstić information content (AvgIpc) is 2.68. The van der Waals surface area contributed by atoms with Crippen LogP contribution in [0.2, 0.25) is 0 Å². The Bertz CT molecular complexity index is 1050. The number of hydrogen-bond donors (Lipinski definition) is 1. The van der Waals surface area contributed by atoms with Gasteiger partial charge in [-0.2, -0.15) is 13.2 Å². The number of rotatable bonds is 4. The van der Waals surface area contributed by atoms with E-state index in [0.717, 1.165) is 12.1 Å². The number of hydrogen-bond acceptors (Lipinski definition) is 4. The first kappa shape index (κ1) is 20.4. The zero-order valence-corrected chi connectivity index (χ0v) is 15.4. The van der Waals surface area contributed by atoms with Crippen molar-refractivity contribution in [2.75, 3.05) is 7.11 Å². The number of fused-ring (bicyclic) bond motifs is 1. The lowest BCUT2D eigenvalue weighted by molar-refractivity contribution is -0.137. The van der Waals surface area contributed by atoms with Crippen molar-refractivity contribution in [3.05, 3.63) is 65.0 Å². The molecule has 152 valence electrons. The molecule has 0 radical (unpaired) electrons. The first-order chi connectivity index (χ1) is 13.7. The first-order valence-corrected chi connectivity index (χ1v) is 8.44. The molecule has 3 aromatic rings. The summed E-state index contributed by atoms with van der Waals surface area (Å²) in [4.78, 5) is 16.2. The van der Waals surface area contributed by atoms with E-state index in [1.165, 1.54) is 37.4 Å². The molecular formula is C20H16F4N2O3. The van der Waals surface area contributed by atoms with Crippen molar-refractivity contribution in [2.24, 2.45) is 0 Å². The number of aryl methyl sites for hydroxylation is 1. The monoisotopic (exact) mass is 408 g/mol. The van der Waals surface area contributed by atoms with Gasteiger partial charge in [0.1, 0.15) is 5.82 Å². The summed E-state index contributed by atoms with van der Waals surface area (Å²) in [6, 6.07) is 8.65. The predicted octanol–water partition coefficient (Wildman–Crippen LogP) is 5.00. The van der Waals surface area contributed by atoms with Crippen LogP contribution in [-0.2, 0) is 12.7 Å². The number of aromatic nitrogens is 1. The lowest BCUT2D eigenvalue weighted by Crippen LogP contribution is -2.26. The van der Waals surface area contributed by atoms with Crippen molar-refractivity contribution in [2.45, 2.75) is 19.6 Å². The molecule has 1 amide bonds. The summed E-state index contributed by atoms with van der Waals surface area (Å²) in [7, 11) is 1.27. The van der Waals surface area contributed by atoms with Gasteiger partial charge in [0.25, 0.3) is 5.88 Å². The molecule has 29 heavy (non-hydrogen) atoms. The van der Waals surface area contributed by atoms with Crippen LogP contribution < -0.4 is 14.8 Å². The minimum absolute atomic E-state index is 0.00337. The summed E-state index contributed by atoms with van der Waals surface area (Å²) in [5.74, 6) is -0.518. The number of carbonyl (C=O) groups is 1. The summed E-state index contributed by atoms with van der Waals surface area (Å²) in [6.45, 7) is 1.68. The summed E-state index contributed by atoms with van der Waals surface area (Å²) < 4.78 is 62.1. The Morgan fingerprint density at radius 3 is 2.45 bits per heavy atom. The van der Waals surface area contributed by atoms with Crippen LogP contribution in [0.4, 0.5) is 22.4 Å². The minimum Gasteiger partial charge on any atom is -0.478 e. The fraction of sp³-hybridized carbons (Fsp3) is 0.200. The maximum Gasteiger partial charge on any atom is 0.416 e. The summed E-state index contributed by atoms with van der Waals surface area (Å²) in [6.07, 6.45) is -5.32. The number of carbonyl (C=O) groups excluding carboxylic acids is 1. The van der Waals surface area contributed by atoms with Crippen LogP contribution in [0.15, 0.2) is 42.5 Å². The smallest absolute Gasteiger partial charge is 0.416 e. The Labute approximate surface area is 163 Å². The third kappa shape index (κ3) is 4.56. The Morgan fingerprint density at radius 2 is 1.83 bits per heavy atom. The van der Waals surface area contributed by atoms with E-state index in [2.05, 4.69) is 10.3 Å². The number of halogens is 4.